The van der Waals surface area contributed by atoms with Crippen LogP contribution in [0, 0.1) is 0 Å². The molecule has 0 radical (unpaired) electrons. The highest BCUT2D eigenvalue weighted by Crippen LogP contribution is 2.11. The molecule has 1 aliphatic rings. The summed E-state index contributed by atoms with van der Waals surface area (Å²) in [4.78, 5) is 11.1. The number of rotatable bonds is 8. The van der Waals surface area contributed by atoms with E-state index in [9.17, 15) is 4.79 Å². The second-order valence-corrected chi connectivity index (χ2v) is 5.54. The number of hydrogen-bond donors (Lipinski definition) is 3. The molecule has 1 aromatic rings. The Labute approximate surface area is 121 Å². The van der Waals surface area contributed by atoms with Crippen LogP contribution in [0.2, 0.25) is 0 Å². The normalized spacial score (nSPS) is 19.6. The van der Waals surface area contributed by atoms with Gasteiger partial charge in [0.25, 0.3) is 0 Å². The summed E-state index contributed by atoms with van der Waals surface area (Å²) in [5.74, 6) is 0.203. The maximum Gasteiger partial charge on any atom is 0.220 e. The molecule has 2 atom stereocenters. The van der Waals surface area contributed by atoms with Crippen LogP contribution in [0.4, 0.5) is 5.69 Å². The number of hydrogen-bond acceptors (Lipinski definition) is 3. The van der Waals surface area contributed by atoms with Crippen molar-refractivity contribution in [1.29, 1.82) is 0 Å². The van der Waals surface area contributed by atoms with Crippen molar-refractivity contribution in [2.75, 3.05) is 18.4 Å². The van der Waals surface area contributed by atoms with E-state index in [-0.39, 0.29) is 5.91 Å². The van der Waals surface area contributed by atoms with Gasteiger partial charge in [0, 0.05) is 30.7 Å². The molecule has 1 amide bonds. The first-order chi connectivity index (χ1) is 9.74. The Kier molecular flexibility index (Phi) is 5.87. The first-order valence-electron chi connectivity index (χ1n) is 7.55. The summed E-state index contributed by atoms with van der Waals surface area (Å²) in [5.41, 5.74) is 1.18. The topological polar surface area (TPSA) is 53.2 Å². The molecule has 0 unspecified atom stereocenters. The molecule has 1 heterocycles. The van der Waals surface area contributed by atoms with Crippen LogP contribution in [0.5, 0.6) is 0 Å². The SMILES string of the molecule is C[C@H](C[C@H]1CCC(=O)N1)NCCCNc1ccccc1. The molecule has 0 saturated carbocycles. The summed E-state index contributed by atoms with van der Waals surface area (Å²) in [5, 5.41) is 9.94. The van der Waals surface area contributed by atoms with Crippen molar-refractivity contribution in [2.45, 2.75) is 44.7 Å². The largest absolute Gasteiger partial charge is 0.385 e. The van der Waals surface area contributed by atoms with Crippen LogP contribution < -0.4 is 16.0 Å². The van der Waals surface area contributed by atoms with Gasteiger partial charge in [-0.3, -0.25) is 4.79 Å². The van der Waals surface area contributed by atoms with Gasteiger partial charge in [-0.25, -0.2) is 0 Å². The Morgan fingerprint density at radius 2 is 2.10 bits per heavy atom. The molecule has 1 aliphatic heterocycles. The Bertz CT molecular complexity index is 407. The number of amides is 1. The summed E-state index contributed by atoms with van der Waals surface area (Å²) in [7, 11) is 0. The average Bonchev–Trinajstić information content (AvgIpc) is 2.85. The Morgan fingerprint density at radius 3 is 2.80 bits per heavy atom. The molecule has 0 aliphatic carbocycles. The van der Waals surface area contributed by atoms with E-state index in [0.717, 1.165) is 32.4 Å². The van der Waals surface area contributed by atoms with Gasteiger partial charge in [-0.1, -0.05) is 18.2 Å². The lowest BCUT2D eigenvalue weighted by atomic mass is 10.1. The first kappa shape index (κ1) is 14.9. The molecular formula is C16H25N3O. The fourth-order valence-corrected chi connectivity index (χ4v) is 2.59. The van der Waals surface area contributed by atoms with Gasteiger partial charge in [0.15, 0.2) is 0 Å². The third-order valence-electron chi connectivity index (χ3n) is 3.67. The number of benzene rings is 1. The van der Waals surface area contributed by atoms with E-state index in [0.29, 0.717) is 18.5 Å². The van der Waals surface area contributed by atoms with Gasteiger partial charge in [0.05, 0.1) is 0 Å². The molecule has 0 spiro atoms. The van der Waals surface area contributed by atoms with Crippen LogP contribution in [-0.2, 0) is 4.79 Å². The highest BCUT2D eigenvalue weighted by atomic mass is 16.1. The zero-order valence-electron chi connectivity index (χ0n) is 12.2. The van der Waals surface area contributed by atoms with Crippen molar-refractivity contribution in [1.82, 2.24) is 10.6 Å². The average molecular weight is 275 g/mol. The molecule has 0 bridgehead atoms. The monoisotopic (exact) mass is 275 g/mol. The number of carbonyl (C=O) groups is 1. The van der Waals surface area contributed by atoms with Crippen LogP contribution in [0.25, 0.3) is 0 Å². The van der Waals surface area contributed by atoms with Crippen molar-refractivity contribution in [2.24, 2.45) is 0 Å². The van der Waals surface area contributed by atoms with E-state index in [2.05, 4.69) is 35.0 Å². The van der Waals surface area contributed by atoms with E-state index in [1.165, 1.54) is 5.69 Å². The zero-order valence-corrected chi connectivity index (χ0v) is 12.2. The zero-order chi connectivity index (χ0) is 14.2. The predicted molar refractivity (Wildman–Crippen MR) is 82.8 cm³/mol. The Morgan fingerprint density at radius 1 is 1.30 bits per heavy atom. The highest BCUT2D eigenvalue weighted by Gasteiger charge is 2.21. The molecule has 4 heteroatoms. The second kappa shape index (κ2) is 7.90. The van der Waals surface area contributed by atoms with Crippen LogP contribution in [0.1, 0.15) is 32.6 Å². The molecule has 1 fully saturated rings. The molecule has 4 nitrogen and oxygen atoms in total. The lowest BCUT2D eigenvalue weighted by molar-refractivity contribution is -0.119. The van der Waals surface area contributed by atoms with E-state index in [4.69, 9.17) is 0 Å². The van der Waals surface area contributed by atoms with E-state index < -0.39 is 0 Å². The van der Waals surface area contributed by atoms with Crippen molar-refractivity contribution >= 4 is 11.6 Å². The van der Waals surface area contributed by atoms with Gasteiger partial charge in [-0.15, -0.1) is 0 Å². The van der Waals surface area contributed by atoms with Crippen molar-refractivity contribution in [3.05, 3.63) is 30.3 Å². The molecule has 1 saturated heterocycles. The summed E-state index contributed by atoms with van der Waals surface area (Å²) in [6.45, 7) is 4.17. The van der Waals surface area contributed by atoms with Gasteiger partial charge in [0.1, 0.15) is 0 Å². The van der Waals surface area contributed by atoms with Gasteiger partial charge in [-0.05, 0) is 44.9 Å². The molecule has 0 aromatic heterocycles. The minimum absolute atomic E-state index is 0.203. The maximum atomic E-state index is 11.1. The van der Waals surface area contributed by atoms with Crippen molar-refractivity contribution in [3.63, 3.8) is 0 Å². The quantitative estimate of drug-likeness (QED) is 0.637. The molecule has 2 rings (SSSR count). The number of anilines is 1. The van der Waals surface area contributed by atoms with Crippen molar-refractivity contribution < 1.29 is 4.79 Å². The van der Waals surface area contributed by atoms with Gasteiger partial charge in [0.2, 0.25) is 5.91 Å². The molecule has 1 aromatic carbocycles. The van der Waals surface area contributed by atoms with Crippen LogP contribution in [-0.4, -0.2) is 31.1 Å². The highest BCUT2D eigenvalue weighted by molar-refractivity contribution is 5.78. The Balaban J connectivity index is 1.51. The molecule has 110 valence electrons. The van der Waals surface area contributed by atoms with Crippen LogP contribution >= 0.6 is 0 Å². The second-order valence-electron chi connectivity index (χ2n) is 5.54. The number of nitrogens with one attached hydrogen (secondary N) is 3. The summed E-state index contributed by atoms with van der Waals surface area (Å²) in [6, 6.07) is 11.1. The first-order valence-corrected chi connectivity index (χ1v) is 7.55. The fourth-order valence-electron chi connectivity index (χ4n) is 2.59. The molecular weight excluding hydrogens is 250 g/mol. The van der Waals surface area contributed by atoms with Crippen LogP contribution in [0.15, 0.2) is 30.3 Å². The Hall–Kier alpha value is -1.55. The number of para-hydroxylation sites is 1. The van der Waals surface area contributed by atoms with E-state index >= 15 is 0 Å². The third kappa shape index (κ3) is 5.21. The molecule has 20 heavy (non-hydrogen) atoms. The smallest absolute Gasteiger partial charge is 0.220 e. The minimum atomic E-state index is 0.203. The summed E-state index contributed by atoms with van der Waals surface area (Å²) < 4.78 is 0. The fraction of sp³-hybridized carbons (Fsp3) is 0.562. The standard InChI is InChI=1S/C16H25N3O/c1-13(12-15-8-9-16(20)19-15)17-10-5-11-18-14-6-3-2-4-7-14/h2-4,6-7,13,15,17-18H,5,8-12H2,1H3,(H,19,20)/t13-,15-/m1/s1. The van der Waals surface area contributed by atoms with E-state index in [1.54, 1.807) is 0 Å². The lowest BCUT2D eigenvalue weighted by Crippen LogP contribution is -2.35. The minimum Gasteiger partial charge on any atom is -0.385 e. The van der Waals surface area contributed by atoms with Gasteiger partial charge in [-0.2, -0.15) is 0 Å². The van der Waals surface area contributed by atoms with Gasteiger partial charge >= 0.3 is 0 Å². The van der Waals surface area contributed by atoms with Crippen molar-refractivity contribution in [3.8, 4) is 0 Å². The molecule has 3 N–H and O–H groups in total. The van der Waals surface area contributed by atoms with E-state index in [1.807, 2.05) is 18.2 Å². The number of carbonyl (C=O) groups excluding carboxylic acids is 1. The maximum absolute atomic E-state index is 11.1. The van der Waals surface area contributed by atoms with Crippen LogP contribution in [0.3, 0.4) is 0 Å². The predicted octanol–water partition coefficient (Wildman–Crippen LogP) is 2.14. The van der Waals surface area contributed by atoms with Gasteiger partial charge < -0.3 is 16.0 Å². The summed E-state index contributed by atoms with van der Waals surface area (Å²) in [6.07, 6.45) is 3.80. The lowest BCUT2D eigenvalue weighted by Gasteiger charge is -2.18. The third-order valence-corrected chi connectivity index (χ3v) is 3.67. The summed E-state index contributed by atoms with van der Waals surface area (Å²) >= 11 is 0.